The maximum Gasteiger partial charge on any atom is 0.161 e. The Morgan fingerprint density at radius 3 is 2.89 bits per heavy atom. The second-order valence-corrected chi connectivity index (χ2v) is 5.90. The minimum atomic E-state index is 0.381. The number of hydrogen-bond acceptors (Lipinski definition) is 4. The van der Waals surface area contributed by atoms with Gasteiger partial charge in [-0.15, -0.1) is 0 Å². The summed E-state index contributed by atoms with van der Waals surface area (Å²) in [5.74, 6) is 1.57. The first-order valence-corrected chi connectivity index (χ1v) is 7.14. The van der Waals surface area contributed by atoms with Gasteiger partial charge in [-0.1, -0.05) is 37.2 Å². The molecule has 0 saturated carbocycles. The molecule has 3 nitrogen and oxygen atoms in total. The normalized spacial score (nSPS) is 18.6. The lowest BCUT2D eigenvalue weighted by molar-refractivity contribution is 0.543. The van der Waals surface area contributed by atoms with E-state index >= 15 is 0 Å². The number of benzene rings is 1. The van der Waals surface area contributed by atoms with Crippen molar-refractivity contribution in [2.75, 3.05) is 11.1 Å². The monoisotopic (exact) mass is 279 g/mol. The highest BCUT2D eigenvalue weighted by atomic mass is 35.5. The maximum absolute atomic E-state index is 8.81. The van der Waals surface area contributed by atoms with Gasteiger partial charge < -0.3 is 5.32 Å². The largest absolute Gasteiger partial charge is 0.335 e. The third-order valence-corrected chi connectivity index (χ3v) is 4.09. The van der Waals surface area contributed by atoms with Crippen LogP contribution in [-0.2, 0) is 0 Å². The number of hydrogen-bond donors (Lipinski definition) is 1. The van der Waals surface area contributed by atoms with E-state index in [9.17, 15) is 0 Å². The minimum Gasteiger partial charge on any atom is -0.335 e. The van der Waals surface area contributed by atoms with E-state index < -0.39 is 0 Å². The van der Waals surface area contributed by atoms with Crippen molar-refractivity contribution in [3.8, 4) is 6.07 Å². The number of halogens is 1. The number of aliphatic imine (C=N–C) groups is 1. The Kier molecular flexibility index (Phi) is 4.15. The molecule has 1 N–H and O–H groups in total. The van der Waals surface area contributed by atoms with Gasteiger partial charge in [0.2, 0.25) is 0 Å². The van der Waals surface area contributed by atoms with E-state index in [1.54, 1.807) is 23.9 Å². The molecule has 1 heterocycles. The summed E-state index contributed by atoms with van der Waals surface area (Å²) in [6, 6.07) is 7.74. The average Bonchev–Trinajstić information content (AvgIpc) is 2.78. The smallest absolute Gasteiger partial charge is 0.161 e. The predicted molar refractivity (Wildman–Crippen MR) is 78.3 cm³/mol. The Bertz CT molecular complexity index is 519. The molecule has 1 aliphatic rings. The van der Waals surface area contributed by atoms with Crippen molar-refractivity contribution < 1.29 is 0 Å². The highest BCUT2D eigenvalue weighted by Crippen LogP contribution is 2.26. The fraction of sp³-hybridized carbons (Fsp3) is 0.385. The zero-order chi connectivity index (χ0) is 13.1. The van der Waals surface area contributed by atoms with E-state index in [-0.39, 0.29) is 0 Å². The van der Waals surface area contributed by atoms with E-state index in [1.807, 2.05) is 12.1 Å². The summed E-state index contributed by atoms with van der Waals surface area (Å²) in [5.41, 5.74) is 1.36. The van der Waals surface area contributed by atoms with Gasteiger partial charge in [-0.25, -0.2) is 0 Å². The molecule has 0 aliphatic carbocycles. The molecule has 5 heteroatoms. The van der Waals surface area contributed by atoms with Crippen LogP contribution < -0.4 is 5.32 Å². The van der Waals surface area contributed by atoms with Crippen molar-refractivity contribution in [2.45, 2.75) is 19.9 Å². The Hall–Kier alpha value is -1.18. The van der Waals surface area contributed by atoms with Gasteiger partial charge in [-0.2, -0.15) is 5.26 Å². The van der Waals surface area contributed by atoms with Gasteiger partial charge >= 0.3 is 0 Å². The quantitative estimate of drug-likeness (QED) is 0.897. The molecule has 18 heavy (non-hydrogen) atoms. The standard InChI is InChI=1S/C13H14ClN3S/c1-8(2)12-7-18-13(17-12)16-10-4-3-9(6-15)11(14)5-10/h3-5,8,12H,7H2,1-2H3,(H,16,17). The molecule has 0 bridgehead atoms. The highest BCUT2D eigenvalue weighted by Gasteiger charge is 2.21. The number of nitriles is 1. The van der Waals surface area contributed by atoms with Gasteiger partial charge in [-0.3, -0.25) is 4.99 Å². The van der Waals surface area contributed by atoms with Gasteiger partial charge in [0.1, 0.15) is 6.07 Å². The topological polar surface area (TPSA) is 48.2 Å². The van der Waals surface area contributed by atoms with Crippen LogP contribution in [0.3, 0.4) is 0 Å². The van der Waals surface area contributed by atoms with Crippen LogP contribution in [0.5, 0.6) is 0 Å². The van der Waals surface area contributed by atoms with E-state index in [0.29, 0.717) is 22.5 Å². The van der Waals surface area contributed by atoms with Gasteiger partial charge in [0.25, 0.3) is 0 Å². The van der Waals surface area contributed by atoms with Crippen LogP contribution in [0.4, 0.5) is 5.69 Å². The van der Waals surface area contributed by atoms with Gasteiger partial charge in [0.15, 0.2) is 5.17 Å². The summed E-state index contributed by atoms with van der Waals surface area (Å²) in [6.45, 7) is 4.35. The zero-order valence-electron chi connectivity index (χ0n) is 10.3. The van der Waals surface area contributed by atoms with Crippen molar-refractivity contribution >= 4 is 34.2 Å². The molecule has 0 amide bonds. The van der Waals surface area contributed by atoms with E-state index in [4.69, 9.17) is 16.9 Å². The predicted octanol–water partition coefficient (Wildman–Crippen LogP) is 3.75. The van der Waals surface area contributed by atoms with E-state index in [2.05, 4.69) is 24.2 Å². The third-order valence-electron chi connectivity index (χ3n) is 2.78. The lowest BCUT2D eigenvalue weighted by Crippen LogP contribution is -2.12. The summed E-state index contributed by atoms with van der Waals surface area (Å²) in [5, 5.41) is 13.4. The van der Waals surface area contributed by atoms with Crippen LogP contribution in [0.1, 0.15) is 19.4 Å². The number of nitrogens with zero attached hydrogens (tertiary/aromatic N) is 2. The van der Waals surface area contributed by atoms with Crippen molar-refractivity contribution in [1.29, 1.82) is 5.26 Å². The Labute approximate surface area is 116 Å². The van der Waals surface area contributed by atoms with Crippen LogP contribution in [0.2, 0.25) is 5.02 Å². The lowest BCUT2D eigenvalue weighted by atomic mass is 10.1. The maximum atomic E-state index is 8.81. The van der Waals surface area contributed by atoms with Crippen LogP contribution in [0.15, 0.2) is 23.2 Å². The second kappa shape index (κ2) is 5.64. The fourth-order valence-corrected chi connectivity index (χ4v) is 3.02. The summed E-state index contributed by atoms with van der Waals surface area (Å²) in [6.07, 6.45) is 0. The fourth-order valence-electron chi connectivity index (χ4n) is 1.61. The molecular formula is C13H14ClN3S. The average molecular weight is 280 g/mol. The van der Waals surface area contributed by atoms with Crippen molar-refractivity contribution in [3.05, 3.63) is 28.8 Å². The molecule has 94 valence electrons. The summed E-state index contributed by atoms with van der Waals surface area (Å²) in [7, 11) is 0. The molecule has 1 aliphatic heterocycles. The van der Waals surface area contributed by atoms with Crippen LogP contribution in [0, 0.1) is 17.2 Å². The number of rotatable bonds is 2. The Balaban J connectivity index is 2.09. The first-order chi connectivity index (χ1) is 8.60. The molecule has 0 radical (unpaired) electrons. The molecule has 1 atom stereocenters. The molecule has 2 rings (SSSR count). The van der Waals surface area contributed by atoms with Gasteiger partial charge in [0.05, 0.1) is 16.6 Å². The minimum absolute atomic E-state index is 0.381. The van der Waals surface area contributed by atoms with Crippen LogP contribution in [-0.4, -0.2) is 17.0 Å². The molecule has 0 spiro atoms. The Morgan fingerprint density at radius 1 is 1.56 bits per heavy atom. The number of anilines is 1. The van der Waals surface area contributed by atoms with Crippen molar-refractivity contribution in [3.63, 3.8) is 0 Å². The van der Waals surface area contributed by atoms with Crippen molar-refractivity contribution in [1.82, 2.24) is 0 Å². The third kappa shape index (κ3) is 2.98. The van der Waals surface area contributed by atoms with Gasteiger partial charge in [-0.05, 0) is 24.1 Å². The first-order valence-electron chi connectivity index (χ1n) is 5.77. The second-order valence-electron chi connectivity index (χ2n) is 4.49. The molecule has 1 unspecified atom stereocenters. The van der Waals surface area contributed by atoms with Gasteiger partial charge in [0, 0.05) is 11.4 Å². The SMILES string of the molecule is CC(C)C1CSC(Nc2ccc(C#N)c(Cl)c2)=N1. The molecule has 1 aromatic rings. The number of amidine groups is 1. The summed E-state index contributed by atoms with van der Waals surface area (Å²) < 4.78 is 0. The summed E-state index contributed by atoms with van der Waals surface area (Å²) in [4.78, 5) is 4.62. The number of thioether (sulfide) groups is 1. The molecular weight excluding hydrogens is 266 g/mol. The van der Waals surface area contributed by atoms with Crippen LogP contribution >= 0.6 is 23.4 Å². The van der Waals surface area contributed by atoms with E-state index in [0.717, 1.165) is 16.6 Å². The molecule has 1 aromatic carbocycles. The number of nitrogens with one attached hydrogen (secondary N) is 1. The summed E-state index contributed by atoms with van der Waals surface area (Å²) >= 11 is 7.71. The van der Waals surface area contributed by atoms with E-state index in [1.165, 1.54) is 0 Å². The zero-order valence-corrected chi connectivity index (χ0v) is 11.8. The molecule has 0 aromatic heterocycles. The van der Waals surface area contributed by atoms with Crippen molar-refractivity contribution in [2.24, 2.45) is 10.9 Å². The Morgan fingerprint density at radius 2 is 2.33 bits per heavy atom. The van der Waals surface area contributed by atoms with Crippen LogP contribution in [0.25, 0.3) is 0 Å². The molecule has 0 saturated heterocycles. The molecule has 0 fully saturated rings. The first kappa shape index (κ1) is 13.3. The lowest BCUT2D eigenvalue weighted by Gasteiger charge is -2.08. The highest BCUT2D eigenvalue weighted by molar-refractivity contribution is 8.14.